The number of nitrogens with one attached hydrogen (secondary N) is 3. The number of amides is 1. The summed E-state index contributed by atoms with van der Waals surface area (Å²) in [4.78, 5) is 34.9. The van der Waals surface area contributed by atoms with Crippen molar-refractivity contribution in [2.45, 2.75) is 13.0 Å². The summed E-state index contributed by atoms with van der Waals surface area (Å²) in [6.45, 7) is 4.80. The SMILES string of the molecule is C=CC(=O)Nc1cccc(Nc2nc(Nc3ccc(OCCCn4ccnc4)cc3)ncc2[N+](=O)[O-])c1. The summed E-state index contributed by atoms with van der Waals surface area (Å²) in [5.41, 5.74) is 1.36. The van der Waals surface area contributed by atoms with E-state index in [2.05, 4.69) is 37.5 Å². The van der Waals surface area contributed by atoms with Crippen LogP contribution in [0.4, 0.5) is 34.5 Å². The van der Waals surface area contributed by atoms with E-state index in [4.69, 9.17) is 4.74 Å². The molecule has 2 aromatic carbocycles. The molecule has 0 bridgehead atoms. The monoisotopic (exact) mass is 500 g/mol. The Kier molecular flexibility index (Phi) is 8.01. The van der Waals surface area contributed by atoms with Gasteiger partial charge in [0.15, 0.2) is 0 Å². The topological polar surface area (TPSA) is 149 Å². The maximum absolute atomic E-state index is 11.6. The Morgan fingerprint density at radius 3 is 2.68 bits per heavy atom. The molecule has 12 heteroatoms. The second kappa shape index (κ2) is 11.9. The average molecular weight is 501 g/mol. The predicted molar refractivity (Wildman–Crippen MR) is 139 cm³/mol. The van der Waals surface area contributed by atoms with Gasteiger partial charge in [-0.05, 0) is 55.0 Å². The van der Waals surface area contributed by atoms with Crippen LogP contribution in [0.2, 0.25) is 0 Å². The molecule has 0 unspecified atom stereocenters. The molecular formula is C25H24N8O4. The van der Waals surface area contributed by atoms with Crippen molar-refractivity contribution in [1.82, 2.24) is 19.5 Å². The van der Waals surface area contributed by atoms with Crippen LogP contribution in [0.15, 0.2) is 86.1 Å². The summed E-state index contributed by atoms with van der Waals surface area (Å²) in [7, 11) is 0. The van der Waals surface area contributed by atoms with E-state index in [1.54, 1.807) is 48.9 Å². The Hall–Kier alpha value is -5.26. The Morgan fingerprint density at radius 1 is 1.14 bits per heavy atom. The lowest BCUT2D eigenvalue weighted by Crippen LogP contribution is -2.08. The largest absolute Gasteiger partial charge is 0.494 e. The summed E-state index contributed by atoms with van der Waals surface area (Å²) in [6.07, 6.45) is 8.52. The van der Waals surface area contributed by atoms with Gasteiger partial charge in [0, 0.05) is 36.0 Å². The molecule has 2 aromatic heterocycles. The number of benzene rings is 2. The Morgan fingerprint density at radius 2 is 1.95 bits per heavy atom. The van der Waals surface area contributed by atoms with E-state index in [0.717, 1.165) is 25.2 Å². The maximum Gasteiger partial charge on any atom is 0.329 e. The third-order valence-electron chi connectivity index (χ3n) is 5.04. The quantitative estimate of drug-likeness (QED) is 0.109. The van der Waals surface area contributed by atoms with Crippen molar-refractivity contribution in [2.24, 2.45) is 0 Å². The van der Waals surface area contributed by atoms with Crippen molar-refractivity contribution >= 4 is 40.4 Å². The first kappa shape index (κ1) is 24.9. The molecule has 3 N–H and O–H groups in total. The number of hydrogen-bond acceptors (Lipinski definition) is 9. The Balaban J connectivity index is 1.40. The van der Waals surface area contributed by atoms with Gasteiger partial charge in [-0.1, -0.05) is 12.6 Å². The molecule has 0 spiro atoms. The van der Waals surface area contributed by atoms with Crippen LogP contribution in [0.1, 0.15) is 6.42 Å². The molecule has 4 rings (SSSR count). The number of hydrogen-bond donors (Lipinski definition) is 3. The first-order chi connectivity index (χ1) is 18.0. The molecule has 0 aliphatic rings. The zero-order chi connectivity index (χ0) is 26.0. The molecule has 188 valence electrons. The number of nitrogens with zero attached hydrogens (tertiary/aromatic N) is 5. The van der Waals surface area contributed by atoms with Crippen LogP contribution in [0.5, 0.6) is 5.75 Å². The number of ether oxygens (including phenoxy) is 1. The number of aromatic nitrogens is 4. The maximum atomic E-state index is 11.6. The minimum atomic E-state index is -0.575. The van der Waals surface area contributed by atoms with E-state index < -0.39 is 4.92 Å². The second-order valence-corrected chi connectivity index (χ2v) is 7.74. The second-order valence-electron chi connectivity index (χ2n) is 7.74. The molecule has 12 nitrogen and oxygen atoms in total. The van der Waals surface area contributed by atoms with E-state index >= 15 is 0 Å². The normalized spacial score (nSPS) is 10.4. The van der Waals surface area contributed by atoms with Gasteiger partial charge in [0.1, 0.15) is 11.9 Å². The number of carbonyl (C=O) groups excluding carboxylic acids is 1. The fraction of sp³-hybridized carbons (Fsp3) is 0.120. The minimum Gasteiger partial charge on any atom is -0.494 e. The Labute approximate surface area is 212 Å². The molecule has 0 saturated heterocycles. The van der Waals surface area contributed by atoms with Crippen molar-refractivity contribution in [3.8, 4) is 5.75 Å². The average Bonchev–Trinajstić information content (AvgIpc) is 3.41. The van der Waals surface area contributed by atoms with Crippen molar-refractivity contribution in [2.75, 3.05) is 22.6 Å². The Bertz CT molecular complexity index is 1370. The number of anilines is 5. The number of imidazole rings is 1. The van der Waals surface area contributed by atoms with E-state index in [-0.39, 0.29) is 23.4 Å². The lowest BCUT2D eigenvalue weighted by molar-refractivity contribution is -0.384. The van der Waals surface area contributed by atoms with Crippen molar-refractivity contribution in [1.29, 1.82) is 0 Å². The van der Waals surface area contributed by atoms with Crippen molar-refractivity contribution < 1.29 is 14.5 Å². The summed E-state index contributed by atoms with van der Waals surface area (Å²) in [5.74, 6) is 0.500. The van der Waals surface area contributed by atoms with Gasteiger partial charge in [0.05, 0.1) is 17.9 Å². The van der Waals surface area contributed by atoms with Gasteiger partial charge in [-0.2, -0.15) is 4.98 Å². The summed E-state index contributed by atoms with van der Waals surface area (Å²) in [6, 6.07) is 13.9. The van der Waals surface area contributed by atoms with Gasteiger partial charge < -0.3 is 25.3 Å². The van der Waals surface area contributed by atoms with E-state index in [9.17, 15) is 14.9 Å². The molecule has 0 aliphatic carbocycles. The van der Waals surface area contributed by atoms with Crippen LogP contribution >= 0.6 is 0 Å². The molecule has 0 saturated carbocycles. The van der Waals surface area contributed by atoms with Crippen molar-refractivity contribution in [3.63, 3.8) is 0 Å². The molecule has 0 atom stereocenters. The molecular weight excluding hydrogens is 476 g/mol. The van der Waals surface area contributed by atoms with Crippen LogP contribution in [-0.4, -0.2) is 37.0 Å². The van der Waals surface area contributed by atoms with E-state index in [1.165, 1.54) is 0 Å². The van der Waals surface area contributed by atoms with E-state index in [0.29, 0.717) is 29.4 Å². The van der Waals surface area contributed by atoms with Gasteiger partial charge in [0.2, 0.25) is 17.7 Å². The summed E-state index contributed by atoms with van der Waals surface area (Å²) < 4.78 is 7.76. The highest BCUT2D eigenvalue weighted by Gasteiger charge is 2.18. The van der Waals surface area contributed by atoms with Gasteiger partial charge in [0.25, 0.3) is 0 Å². The van der Waals surface area contributed by atoms with Crippen molar-refractivity contribution in [3.05, 3.63) is 96.2 Å². The van der Waals surface area contributed by atoms with Crippen LogP contribution in [0.3, 0.4) is 0 Å². The number of aryl methyl sites for hydroxylation is 1. The highest BCUT2D eigenvalue weighted by atomic mass is 16.6. The predicted octanol–water partition coefficient (Wildman–Crippen LogP) is 4.66. The number of carbonyl (C=O) groups is 1. The summed E-state index contributed by atoms with van der Waals surface area (Å²) >= 11 is 0. The third-order valence-corrected chi connectivity index (χ3v) is 5.04. The van der Waals surface area contributed by atoms with Crippen LogP contribution < -0.4 is 20.7 Å². The molecule has 4 aromatic rings. The lowest BCUT2D eigenvalue weighted by atomic mass is 10.2. The highest BCUT2D eigenvalue weighted by Crippen LogP contribution is 2.28. The molecule has 0 fully saturated rings. The molecule has 2 heterocycles. The highest BCUT2D eigenvalue weighted by molar-refractivity contribution is 5.99. The van der Waals surface area contributed by atoms with Gasteiger partial charge in [-0.15, -0.1) is 0 Å². The molecule has 0 radical (unpaired) electrons. The standard InChI is InChI=1S/C25H24N8O4/c1-2-23(34)28-19-5-3-6-20(15-19)29-24-22(33(35)36)16-27-25(31-24)30-18-7-9-21(10-8-18)37-14-4-12-32-13-11-26-17-32/h2-3,5-11,13,15-17H,1,4,12,14H2,(H,28,34)(H2,27,29,30,31). The molecule has 0 aliphatic heterocycles. The van der Waals surface area contributed by atoms with Gasteiger partial charge in [-0.25, -0.2) is 9.97 Å². The van der Waals surface area contributed by atoms with Gasteiger partial charge >= 0.3 is 5.69 Å². The number of rotatable bonds is 12. The van der Waals surface area contributed by atoms with Crippen LogP contribution in [-0.2, 0) is 11.3 Å². The molecule has 37 heavy (non-hydrogen) atoms. The van der Waals surface area contributed by atoms with Gasteiger partial charge in [-0.3, -0.25) is 14.9 Å². The van der Waals surface area contributed by atoms with E-state index in [1.807, 2.05) is 22.9 Å². The zero-order valence-electron chi connectivity index (χ0n) is 19.7. The minimum absolute atomic E-state index is 0.00690. The fourth-order valence-corrected chi connectivity index (χ4v) is 3.29. The first-order valence-corrected chi connectivity index (χ1v) is 11.3. The van der Waals surface area contributed by atoms with Crippen LogP contribution in [0.25, 0.3) is 0 Å². The molecule has 1 amide bonds. The third kappa shape index (κ3) is 7.11. The van der Waals surface area contributed by atoms with Crippen LogP contribution in [0, 0.1) is 10.1 Å². The fourth-order valence-electron chi connectivity index (χ4n) is 3.29. The summed E-state index contributed by atoms with van der Waals surface area (Å²) in [5, 5.41) is 20.1. The number of nitro groups is 1. The smallest absolute Gasteiger partial charge is 0.329 e. The lowest BCUT2D eigenvalue weighted by Gasteiger charge is -2.11. The first-order valence-electron chi connectivity index (χ1n) is 11.3. The zero-order valence-corrected chi connectivity index (χ0v) is 19.7.